The Hall–Kier alpha value is -4.21. The van der Waals surface area contributed by atoms with Gasteiger partial charge in [-0.3, -0.25) is 4.79 Å². The van der Waals surface area contributed by atoms with Gasteiger partial charge in [0.15, 0.2) is 5.82 Å². The van der Waals surface area contributed by atoms with Crippen molar-refractivity contribution in [1.82, 2.24) is 24.8 Å². The van der Waals surface area contributed by atoms with Crippen LogP contribution in [0.15, 0.2) is 79.0 Å². The van der Waals surface area contributed by atoms with E-state index in [4.69, 9.17) is 9.97 Å². The maximum atomic E-state index is 13.5. The highest BCUT2D eigenvalue weighted by Gasteiger charge is 2.17. The molecule has 6 rings (SSSR count). The number of anilines is 2. The standard InChI is InChI=1S/C29H27N7OS/c37-27(33-22-12-5-4-11-21(22)28-34-23-13-8-14-31-29(23)38-28)24-19-25(30-15-18-36-16-6-7-17-36)35-26(32-24)20-9-2-1-3-10-20/h1-5,8-14,19H,6-7,15-18H2,(H,33,37)(H,30,32,35). The number of carbonyl (C=O) groups is 1. The van der Waals surface area contributed by atoms with E-state index in [1.54, 1.807) is 12.3 Å². The average molecular weight is 522 g/mol. The molecule has 4 heterocycles. The Balaban J connectivity index is 1.28. The summed E-state index contributed by atoms with van der Waals surface area (Å²) in [7, 11) is 0. The molecule has 1 fully saturated rings. The van der Waals surface area contributed by atoms with Gasteiger partial charge in [0.2, 0.25) is 0 Å². The molecule has 0 saturated carbocycles. The Morgan fingerprint density at radius 1 is 0.921 bits per heavy atom. The van der Waals surface area contributed by atoms with Crippen LogP contribution in [0.25, 0.3) is 32.3 Å². The van der Waals surface area contributed by atoms with Gasteiger partial charge in [0.1, 0.15) is 26.9 Å². The van der Waals surface area contributed by atoms with Gasteiger partial charge in [0, 0.05) is 36.5 Å². The molecule has 3 aromatic heterocycles. The summed E-state index contributed by atoms with van der Waals surface area (Å²) in [6.45, 7) is 3.97. The highest BCUT2D eigenvalue weighted by Crippen LogP contribution is 2.34. The van der Waals surface area contributed by atoms with Gasteiger partial charge in [-0.1, -0.05) is 53.8 Å². The van der Waals surface area contributed by atoms with Crippen molar-refractivity contribution in [3.63, 3.8) is 0 Å². The van der Waals surface area contributed by atoms with Gasteiger partial charge in [-0.05, 0) is 50.2 Å². The van der Waals surface area contributed by atoms with Crippen molar-refractivity contribution in [3.8, 4) is 22.0 Å². The summed E-state index contributed by atoms with van der Waals surface area (Å²) in [5, 5.41) is 7.26. The van der Waals surface area contributed by atoms with E-state index < -0.39 is 0 Å². The maximum absolute atomic E-state index is 13.5. The summed E-state index contributed by atoms with van der Waals surface area (Å²) in [4.78, 5) is 35.3. The number of benzene rings is 2. The van der Waals surface area contributed by atoms with Gasteiger partial charge in [-0.2, -0.15) is 0 Å². The first-order valence-electron chi connectivity index (χ1n) is 12.8. The monoisotopic (exact) mass is 521 g/mol. The van der Waals surface area contributed by atoms with Crippen LogP contribution >= 0.6 is 11.3 Å². The van der Waals surface area contributed by atoms with Crippen molar-refractivity contribution in [2.45, 2.75) is 12.8 Å². The molecule has 2 aromatic carbocycles. The fourth-order valence-electron chi connectivity index (χ4n) is 4.57. The smallest absolute Gasteiger partial charge is 0.274 e. The van der Waals surface area contributed by atoms with Gasteiger partial charge >= 0.3 is 0 Å². The van der Waals surface area contributed by atoms with Gasteiger partial charge in [0.05, 0.1) is 5.69 Å². The number of rotatable bonds is 8. The molecule has 38 heavy (non-hydrogen) atoms. The Bertz CT molecular complexity index is 1530. The van der Waals surface area contributed by atoms with Crippen LogP contribution in [0.4, 0.5) is 11.5 Å². The maximum Gasteiger partial charge on any atom is 0.274 e. The Labute approximate surface area is 224 Å². The number of nitrogens with zero attached hydrogens (tertiary/aromatic N) is 5. The second-order valence-electron chi connectivity index (χ2n) is 9.15. The molecule has 5 aromatic rings. The summed E-state index contributed by atoms with van der Waals surface area (Å²) in [5.41, 5.74) is 3.49. The van der Waals surface area contributed by atoms with E-state index in [1.165, 1.54) is 24.2 Å². The molecule has 0 spiro atoms. The van der Waals surface area contributed by atoms with Crippen LogP contribution in [-0.2, 0) is 0 Å². The number of likely N-dealkylation sites (tertiary alicyclic amines) is 1. The number of hydrogen-bond donors (Lipinski definition) is 2. The summed E-state index contributed by atoms with van der Waals surface area (Å²) in [5.74, 6) is 0.833. The van der Waals surface area contributed by atoms with Crippen molar-refractivity contribution in [3.05, 3.63) is 84.7 Å². The zero-order valence-electron chi connectivity index (χ0n) is 20.8. The third-order valence-electron chi connectivity index (χ3n) is 6.50. The Morgan fingerprint density at radius 2 is 1.74 bits per heavy atom. The molecule has 9 heteroatoms. The minimum absolute atomic E-state index is 0.295. The summed E-state index contributed by atoms with van der Waals surface area (Å²) < 4.78 is 0. The van der Waals surface area contributed by atoms with E-state index >= 15 is 0 Å². The predicted octanol–water partition coefficient (Wildman–Crippen LogP) is 5.58. The molecule has 8 nitrogen and oxygen atoms in total. The van der Waals surface area contributed by atoms with Crippen molar-refractivity contribution in [1.29, 1.82) is 0 Å². The molecule has 2 N–H and O–H groups in total. The van der Waals surface area contributed by atoms with E-state index in [9.17, 15) is 4.79 Å². The van der Waals surface area contributed by atoms with Crippen LogP contribution in [0.3, 0.4) is 0 Å². The molecule has 0 aliphatic carbocycles. The van der Waals surface area contributed by atoms with E-state index in [0.29, 0.717) is 23.0 Å². The molecule has 1 aliphatic heterocycles. The largest absolute Gasteiger partial charge is 0.369 e. The first-order chi connectivity index (χ1) is 18.7. The normalized spacial score (nSPS) is 13.6. The summed E-state index contributed by atoms with van der Waals surface area (Å²) in [6, 6.07) is 22.9. The van der Waals surface area contributed by atoms with Crippen LogP contribution in [-0.4, -0.2) is 56.9 Å². The van der Waals surface area contributed by atoms with Crippen LogP contribution in [0.2, 0.25) is 0 Å². The predicted molar refractivity (Wildman–Crippen MR) is 152 cm³/mol. The van der Waals surface area contributed by atoms with E-state index in [0.717, 1.165) is 52.7 Å². The topological polar surface area (TPSA) is 95.9 Å². The van der Waals surface area contributed by atoms with Crippen LogP contribution in [0.1, 0.15) is 23.3 Å². The fraction of sp³-hybridized carbons (Fsp3) is 0.207. The van der Waals surface area contributed by atoms with Crippen molar-refractivity contribution in [2.75, 3.05) is 36.8 Å². The van der Waals surface area contributed by atoms with Crippen molar-refractivity contribution < 1.29 is 4.79 Å². The molecular formula is C29H27N7OS. The highest BCUT2D eigenvalue weighted by atomic mass is 32.1. The minimum Gasteiger partial charge on any atom is -0.369 e. The quantitative estimate of drug-likeness (QED) is 0.275. The van der Waals surface area contributed by atoms with Crippen molar-refractivity contribution in [2.24, 2.45) is 0 Å². The minimum atomic E-state index is -0.307. The number of aromatic nitrogens is 4. The first-order valence-corrected chi connectivity index (χ1v) is 13.6. The number of thiazole rings is 1. The molecule has 1 saturated heterocycles. The zero-order chi connectivity index (χ0) is 25.7. The molecule has 0 radical (unpaired) electrons. The SMILES string of the molecule is O=C(Nc1ccccc1-c1nc2cccnc2s1)c1cc(NCCN2CCCC2)nc(-c2ccccc2)n1. The lowest BCUT2D eigenvalue weighted by Crippen LogP contribution is -2.26. The lowest BCUT2D eigenvalue weighted by atomic mass is 10.1. The van der Waals surface area contributed by atoms with Gasteiger partial charge in [-0.15, -0.1) is 0 Å². The summed E-state index contributed by atoms with van der Waals surface area (Å²) in [6.07, 6.45) is 4.27. The lowest BCUT2D eigenvalue weighted by molar-refractivity contribution is 0.102. The zero-order valence-corrected chi connectivity index (χ0v) is 21.6. The number of nitrogens with one attached hydrogen (secondary N) is 2. The molecule has 0 bridgehead atoms. The Morgan fingerprint density at radius 3 is 2.58 bits per heavy atom. The Kier molecular flexibility index (Phi) is 7.01. The number of fused-ring (bicyclic) bond motifs is 1. The molecule has 0 atom stereocenters. The highest BCUT2D eigenvalue weighted by molar-refractivity contribution is 7.21. The molecular weight excluding hydrogens is 494 g/mol. The van der Waals surface area contributed by atoms with Gasteiger partial charge < -0.3 is 15.5 Å². The number of amides is 1. The molecule has 0 unspecified atom stereocenters. The van der Waals surface area contributed by atoms with E-state index in [1.807, 2.05) is 66.7 Å². The number of pyridine rings is 1. The summed E-state index contributed by atoms with van der Waals surface area (Å²) >= 11 is 1.50. The number of hydrogen-bond acceptors (Lipinski definition) is 8. The molecule has 1 amide bonds. The van der Waals surface area contributed by atoms with Gasteiger partial charge in [-0.25, -0.2) is 19.9 Å². The fourth-order valence-corrected chi connectivity index (χ4v) is 5.52. The second kappa shape index (κ2) is 11.0. The van der Waals surface area contributed by atoms with Crippen molar-refractivity contribution >= 4 is 39.1 Å². The van der Waals surface area contributed by atoms with Crippen LogP contribution < -0.4 is 10.6 Å². The first kappa shape index (κ1) is 24.1. The third kappa shape index (κ3) is 5.39. The van der Waals surface area contributed by atoms with E-state index in [2.05, 4.69) is 25.5 Å². The lowest BCUT2D eigenvalue weighted by Gasteiger charge is -2.16. The third-order valence-corrected chi connectivity index (χ3v) is 7.51. The number of para-hydroxylation sites is 1. The molecule has 190 valence electrons. The van der Waals surface area contributed by atoms with Gasteiger partial charge in [0.25, 0.3) is 5.91 Å². The van der Waals surface area contributed by atoms with Crippen LogP contribution in [0.5, 0.6) is 0 Å². The van der Waals surface area contributed by atoms with Crippen LogP contribution in [0, 0.1) is 0 Å². The number of carbonyl (C=O) groups excluding carboxylic acids is 1. The average Bonchev–Trinajstić information content (AvgIpc) is 3.64. The van der Waals surface area contributed by atoms with E-state index in [-0.39, 0.29) is 5.91 Å². The molecule has 1 aliphatic rings. The second-order valence-corrected chi connectivity index (χ2v) is 10.1.